The van der Waals surface area contributed by atoms with Crippen molar-refractivity contribution in [3.63, 3.8) is 0 Å². The van der Waals surface area contributed by atoms with Crippen LogP contribution in [0.5, 0.6) is 0 Å². The molecule has 4 nitrogen and oxygen atoms in total. The van der Waals surface area contributed by atoms with Gasteiger partial charge in [-0.15, -0.1) is 0 Å². The molecule has 1 aliphatic carbocycles. The smallest absolute Gasteiger partial charge is 0.232 e. The maximum absolute atomic E-state index is 13.1. The van der Waals surface area contributed by atoms with Crippen molar-refractivity contribution in [2.24, 2.45) is 0 Å². The van der Waals surface area contributed by atoms with Crippen LogP contribution in [0.2, 0.25) is 0 Å². The molecular weight excluding hydrogens is 271 g/mol. The van der Waals surface area contributed by atoms with Crippen LogP contribution in [0.25, 0.3) is 0 Å². The standard InChI is InChI=1S/C16H19FN2O2/c1-16(2,10-6-8-11(17)9-7-10)15-18-14(21-19-15)12-4-3-5-13(12)20/h6-9,12-13,20H,3-5H2,1-2H3. The summed E-state index contributed by atoms with van der Waals surface area (Å²) in [5.41, 5.74) is 0.446. The predicted octanol–water partition coefficient (Wildman–Crippen LogP) is 3.16. The van der Waals surface area contributed by atoms with Crippen molar-refractivity contribution >= 4 is 0 Å². The first kappa shape index (κ1) is 14.2. The van der Waals surface area contributed by atoms with Gasteiger partial charge in [0.1, 0.15) is 5.82 Å². The van der Waals surface area contributed by atoms with Crippen LogP contribution in [0, 0.1) is 5.82 Å². The second-order valence-electron chi connectivity index (χ2n) is 6.19. The molecule has 1 aromatic heterocycles. The van der Waals surface area contributed by atoms with Gasteiger partial charge in [-0.3, -0.25) is 0 Å². The third-order valence-corrected chi connectivity index (χ3v) is 4.36. The molecule has 0 bridgehead atoms. The van der Waals surface area contributed by atoms with Crippen molar-refractivity contribution in [3.8, 4) is 0 Å². The molecule has 1 fully saturated rings. The molecule has 1 aliphatic rings. The number of nitrogens with zero attached hydrogens (tertiary/aromatic N) is 2. The molecule has 0 aliphatic heterocycles. The van der Waals surface area contributed by atoms with Gasteiger partial charge in [0.15, 0.2) is 5.82 Å². The lowest BCUT2D eigenvalue weighted by Gasteiger charge is -2.20. The lowest BCUT2D eigenvalue weighted by atomic mass is 9.84. The van der Waals surface area contributed by atoms with E-state index in [-0.39, 0.29) is 11.7 Å². The third-order valence-electron chi connectivity index (χ3n) is 4.36. The van der Waals surface area contributed by atoms with Gasteiger partial charge in [0.05, 0.1) is 17.4 Å². The molecule has 0 radical (unpaired) electrons. The van der Waals surface area contributed by atoms with E-state index in [0.29, 0.717) is 11.7 Å². The van der Waals surface area contributed by atoms with E-state index in [4.69, 9.17) is 4.52 Å². The van der Waals surface area contributed by atoms with Gasteiger partial charge in [0, 0.05) is 0 Å². The molecule has 2 atom stereocenters. The highest BCUT2D eigenvalue weighted by Gasteiger charge is 2.34. The fourth-order valence-corrected chi connectivity index (χ4v) is 2.86. The zero-order valence-electron chi connectivity index (χ0n) is 12.2. The third kappa shape index (κ3) is 2.58. The van der Waals surface area contributed by atoms with Crippen molar-refractivity contribution in [3.05, 3.63) is 47.4 Å². The Morgan fingerprint density at radius 1 is 1.24 bits per heavy atom. The fourth-order valence-electron chi connectivity index (χ4n) is 2.86. The largest absolute Gasteiger partial charge is 0.392 e. The molecule has 1 N–H and O–H groups in total. The van der Waals surface area contributed by atoms with Crippen molar-refractivity contribution < 1.29 is 14.0 Å². The van der Waals surface area contributed by atoms with Gasteiger partial charge in [0.2, 0.25) is 5.89 Å². The number of aliphatic hydroxyl groups excluding tert-OH is 1. The number of rotatable bonds is 3. The first-order valence-corrected chi connectivity index (χ1v) is 7.26. The average Bonchev–Trinajstić information content (AvgIpc) is 3.07. The van der Waals surface area contributed by atoms with Gasteiger partial charge in [-0.05, 0) is 50.8 Å². The molecule has 1 saturated carbocycles. The number of hydrogen-bond acceptors (Lipinski definition) is 4. The Morgan fingerprint density at radius 3 is 2.57 bits per heavy atom. The summed E-state index contributed by atoms with van der Waals surface area (Å²) in [5.74, 6) is 0.737. The summed E-state index contributed by atoms with van der Waals surface area (Å²) in [7, 11) is 0. The van der Waals surface area contributed by atoms with Crippen LogP contribution in [-0.2, 0) is 5.41 Å². The minimum absolute atomic E-state index is 0.0599. The van der Waals surface area contributed by atoms with Crippen LogP contribution in [-0.4, -0.2) is 21.4 Å². The average molecular weight is 290 g/mol. The fraction of sp³-hybridized carbons (Fsp3) is 0.500. The molecule has 112 valence electrons. The lowest BCUT2D eigenvalue weighted by Crippen LogP contribution is -2.21. The molecule has 1 aromatic carbocycles. The summed E-state index contributed by atoms with van der Waals surface area (Å²) in [5, 5.41) is 14.0. The highest BCUT2D eigenvalue weighted by molar-refractivity contribution is 5.30. The predicted molar refractivity (Wildman–Crippen MR) is 75.4 cm³/mol. The Labute approximate surface area is 123 Å². The quantitative estimate of drug-likeness (QED) is 0.943. The summed E-state index contributed by atoms with van der Waals surface area (Å²) in [6.45, 7) is 3.94. The van der Waals surface area contributed by atoms with Gasteiger partial charge in [-0.1, -0.05) is 17.3 Å². The van der Waals surface area contributed by atoms with Gasteiger partial charge in [-0.2, -0.15) is 4.98 Å². The summed E-state index contributed by atoms with van der Waals surface area (Å²) in [6, 6.07) is 6.32. The number of halogens is 1. The van der Waals surface area contributed by atoms with Crippen LogP contribution < -0.4 is 0 Å². The van der Waals surface area contributed by atoms with Gasteiger partial charge >= 0.3 is 0 Å². The summed E-state index contributed by atoms with van der Waals surface area (Å²) in [6.07, 6.45) is 2.24. The highest BCUT2D eigenvalue weighted by Crippen LogP contribution is 2.36. The second kappa shape index (κ2) is 5.22. The zero-order chi connectivity index (χ0) is 15.0. The second-order valence-corrected chi connectivity index (χ2v) is 6.19. The minimum atomic E-state index is -0.473. The highest BCUT2D eigenvalue weighted by atomic mass is 19.1. The minimum Gasteiger partial charge on any atom is -0.392 e. The molecular formula is C16H19FN2O2. The van der Waals surface area contributed by atoms with Crippen LogP contribution >= 0.6 is 0 Å². The van der Waals surface area contributed by atoms with E-state index in [1.165, 1.54) is 12.1 Å². The molecule has 0 saturated heterocycles. The summed E-state index contributed by atoms with van der Waals surface area (Å²) >= 11 is 0. The van der Waals surface area contributed by atoms with Gasteiger partial charge < -0.3 is 9.63 Å². The lowest BCUT2D eigenvalue weighted by molar-refractivity contribution is 0.148. The first-order chi connectivity index (χ1) is 9.98. The number of hydrogen-bond donors (Lipinski definition) is 1. The normalized spacial score (nSPS) is 22.7. The van der Waals surface area contributed by atoms with E-state index in [1.807, 2.05) is 13.8 Å². The summed E-state index contributed by atoms with van der Waals surface area (Å²) < 4.78 is 18.4. The molecule has 21 heavy (non-hydrogen) atoms. The van der Waals surface area contributed by atoms with E-state index >= 15 is 0 Å². The Hall–Kier alpha value is -1.75. The van der Waals surface area contributed by atoms with Crippen LogP contribution in [0.4, 0.5) is 4.39 Å². The Kier molecular flexibility index (Phi) is 3.53. The van der Waals surface area contributed by atoms with Crippen molar-refractivity contribution in [1.82, 2.24) is 10.1 Å². The zero-order valence-corrected chi connectivity index (χ0v) is 12.2. The Bertz CT molecular complexity index is 621. The monoisotopic (exact) mass is 290 g/mol. The van der Waals surface area contributed by atoms with E-state index in [0.717, 1.165) is 24.8 Å². The molecule has 5 heteroatoms. The van der Waals surface area contributed by atoms with Crippen molar-refractivity contribution in [2.75, 3.05) is 0 Å². The molecule has 1 heterocycles. The van der Waals surface area contributed by atoms with Gasteiger partial charge in [0.25, 0.3) is 0 Å². The van der Waals surface area contributed by atoms with E-state index in [2.05, 4.69) is 10.1 Å². The molecule has 3 rings (SSSR count). The maximum Gasteiger partial charge on any atom is 0.232 e. The Morgan fingerprint density at radius 2 is 1.95 bits per heavy atom. The van der Waals surface area contributed by atoms with Crippen molar-refractivity contribution in [2.45, 2.75) is 50.5 Å². The van der Waals surface area contributed by atoms with Crippen LogP contribution in [0.1, 0.15) is 56.3 Å². The van der Waals surface area contributed by atoms with Gasteiger partial charge in [-0.25, -0.2) is 4.39 Å². The molecule has 2 unspecified atom stereocenters. The number of aromatic nitrogens is 2. The van der Waals surface area contributed by atoms with E-state index in [1.54, 1.807) is 12.1 Å². The first-order valence-electron chi connectivity index (χ1n) is 7.26. The molecule has 0 spiro atoms. The van der Waals surface area contributed by atoms with Crippen LogP contribution in [0.15, 0.2) is 28.8 Å². The van der Waals surface area contributed by atoms with Crippen LogP contribution in [0.3, 0.4) is 0 Å². The maximum atomic E-state index is 13.1. The Balaban J connectivity index is 1.89. The topological polar surface area (TPSA) is 59.2 Å². The number of benzene rings is 1. The van der Waals surface area contributed by atoms with E-state index in [9.17, 15) is 9.50 Å². The van der Waals surface area contributed by atoms with Crippen molar-refractivity contribution in [1.29, 1.82) is 0 Å². The van der Waals surface area contributed by atoms with E-state index < -0.39 is 11.5 Å². The molecule has 0 amide bonds. The summed E-state index contributed by atoms with van der Waals surface area (Å²) in [4.78, 5) is 4.48. The molecule has 2 aromatic rings. The number of aliphatic hydroxyl groups is 1. The SMILES string of the molecule is CC(C)(c1ccc(F)cc1)c1noc(C2CCCC2O)n1.